The van der Waals surface area contributed by atoms with Gasteiger partial charge in [-0.3, -0.25) is 14.8 Å². The molecule has 274 valence electrons. The summed E-state index contributed by atoms with van der Waals surface area (Å²) in [5.74, 6) is 1.31. The summed E-state index contributed by atoms with van der Waals surface area (Å²) < 4.78 is 12.1. The minimum atomic E-state index is -1.08. The van der Waals surface area contributed by atoms with Crippen molar-refractivity contribution >= 4 is 101 Å². The molecule has 0 aliphatic carbocycles. The summed E-state index contributed by atoms with van der Waals surface area (Å²) in [4.78, 5) is 57.6. The summed E-state index contributed by atoms with van der Waals surface area (Å²) >= 11 is 6.92. The first-order valence-corrected chi connectivity index (χ1v) is 18.3. The van der Waals surface area contributed by atoms with Gasteiger partial charge in [0.25, 0.3) is 5.91 Å². The van der Waals surface area contributed by atoms with Crippen LogP contribution >= 0.6 is 31.9 Å². The zero-order valence-corrected chi connectivity index (χ0v) is 32.0. The molecule has 5 N–H and O–H groups in total. The van der Waals surface area contributed by atoms with Gasteiger partial charge in [-0.1, -0.05) is 0 Å². The molecular weight excluding hydrogens is 826 g/mol. The van der Waals surface area contributed by atoms with E-state index in [0.717, 1.165) is 59.3 Å². The van der Waals surface area contributed by atoms with Gasteiger partial charge >= 0.3 is 5.97 Å². The molecule has 0 radical (unpaired) electrons. The predicted octanol–water partition coefficient (Wildman–Crippen LogP) is 6.74. The number of likely N-dealkylation sites (tertiary alicyclic amines) is 1. The van der Waals surface area contributed by atoms with Crippen molar-refractivity contribution in [3.63, 3.8) is 0 Å². The summed E-state index contributed by atoms with van der Waals surface area (Å²) in [5, 5.41) is 17.1. The van der Waals surface area contributed by atoms with Crippen molar-refractivity contribution in [2.24, 2.45) is 9.98 Å². The molecule has 3 aliphatic rings. The fraction of sp³-hybridized carbons (Fsp3) is 0.222. The van der Waals surface area contributed by atoms with Crippen molar-refractivity contribution in [3.05, 3.63) is 79.5 Å². The van der Waals surface area contributed by atoms with E-state index in [2.05, 4.69) is 82.4 Å². The van der Waals surface area contributed by atoms with E-state index in [9.17, 15) is 14.7 Å². The van der Waals surface area contributed by atoms with E-state index in [1.165, 1.54) is 12.7 Å². The van der Waals surface area contributed by atoms with E-state index >= 15 is 0 Å². The Morgan fingerprint density at radius 2 is 1.22 bits per heavy atom. The number of anilines is 4. The van der Waals surface area contributed by atoms with Gasteiger partial charge in [-0.05, 0) is 91.2 Å². The number of carbonyl (C=O) groups excluding carboxylic acids is 1. The zero-order chi connectivity index (χ0) is 37.5. The number of aromatic amines is 2. The summed E-state index contributed by atoms with van der Waals surface area (Å²) in [6.07, 6.45) is 8.58. The maximum absolute atomic E-state index is 12.9. The Balaban J connectivity index is 0.000000155. The molecule has 0 saturated carbocycles. The minimum Gasteiger partial charge on any atom is -0.495 e. The topological polar surface area (TPSA) is 208 Å². The molecule has 9 rings (SSSR count). The first-order chi connectivity index (χ1) is 26.2. The van der Waals surface area contributed by atoms with Crippen molar-refractivity contribution in [1.82, 2.24) is 34.8 Å². The Kier molecular flexibility index (Phi) is 9.45. The van der Waals surface area contributed by atoms with Crippen LogP contribution in [0, 0.1) is 0 Å². The molecule has 16 nitrogen and oxygen atoms in total. The second-order valence-corrected chi connectivity index (χ2v) is 14.1. The quantitative estimate of drug-likeness (QED) is 0.108. The number of carboxylic acid groups (broad SMARTS) is 1. The number of fused-ring (bicyclic) bond motifs is 4. The summed E-state index contributed by atoms with van der Waals surface area (Å²) in [7, 11) is 3.23. The molecular formula is C36H31Br2N11O5. The number of amides is 1. The lowest BCUT2D eigenvalue weighted by atomic mass is 10.1. The normalized spacial score (nSPS) is 13.9. The third-order valence-corrected chi connectivity index (χ3v) is 10.9. The molecule has 1 saturated heterocycles. The van der Waals surface area contributed by atoms with Gasteiger partial charge in [0.15, 0.2) is 0 Å². The number of hydrogen-bond acceptors (Lipinski definition) is 12. The average molecular weight is 858 g/mol. The number of carbonyl (C=O) groups is 2. The molecule has 0 bridgehead atoms. The molecule has 7 heterocycles. The number of benzene rings is 2. The number of rotatable bonds is 8. The molecule has 54 heavy (non-hydrogen) atoms. The van der Waals surface area contributed by atoms with Crippen LogP contribution in [0.1, 0.15) is 56.1 Å². The SMILES string of the molecule is COc1cc2c(cc1Nc1ncnc3[nH]c(C(=O)N4CCCC4)c(Br)c13)C=NC2.COc1cc2c(cc1Nc1ncnc3[nH]c(C(=O)O)c(Br)c13)C=NC2. The van der Waals surface area contributed by atoms with Crippen LogP contribution < -0.4 is 20.1 Å². The molecule has 0 atom stereocenters. The Morgan fingerprint density at radius 3 is 1.70 bits per heavy atom. The highest BCUT2D eigenvalue weighted by molar-refractivity contribution is 9.11. The number of aliphatic imine (C=N–C) groups is 2. The van der Waals surface area contributed by atoms with Gasteiger partial charge in [0.2, 0.25) is 0 Å². The van der Waals surface area contributed by atoms with Gasteiger partial charge in [-0.25, -0.2) is 24.7 Å². The van der Waals surface area contributed by atoms with Crippen LogP contribution in [0.4, 0.5) is 23.0 Å². The minimum absolute atomic E-state index is 0.0200. The Morgan fingerprint density at radius 1 is 0.741 bits per heavy atom. The molecule has 18 heteroatoms. The van der Waals surface area contributed by atoms with E-state index in [0.29, 0.717) is 73.2 Å². The van der Waals surface area contributed by atoms with E-state index in [-0.39, 0.29) is 11.6 Å². The molecule has 0 unspecified atom stereocenters. The van der Waals surface area contributed by atoms with Crippen molar-refractivity contribution in [2.45, 2.75) is 25.9 Å². The number of H-pyrrole nitrogens is 2. The monoisotopic (exact) mass is 855 g/mol. The van der Waals surface area contributed by atoms with Crippen LogP contribution in [0.2, 0.25) is 0 Å². The van der Waals surface area contributed by atoms with Gasteiger partial charge in [0.1, 0.15) is 58.5 Å². The maximum atomic E-state index is 12.9. The van der Waals surface area contributed by atoms with Crippen molar-refractivity contribution in [2.75, 3.05) is 37.9 Å². The zero-order valence-electron chi connectivity index (χ0n) is 28.8. The fourth-order valence-corrected chi connectivity index (χ4v) is 7.89. The molecule has 4 aromatic heterocycles. The van der Waals surface area contributed by atoms with E-state index in [1.807, 2.05) is 41.6 Å². The number of hydrogen-bond donors (Lipinski definition) is 5. The van der Waals surface area contributed by atoms with Crippen LogP contribution in [0.5, 0.6) is 11.5 Å². The van der Waals surface area contributed by atoms with Crippen LogP contribution in [0.15, 0.2) is 55.9 Å². The van der Waals surface area contributed by atoms with Gasteiger partial charge in [-0.15, -0.1) is 0 Å². The second-order valence-electron chi connectivity index (χ2n) is 12.5. The summed E-state index contributed by atoms with van der Waals surface area (Å²) in [5.41, 5.74) is 7.30. The molecule has 0 spiro atoms. The van der Waals surface area contributed by atoms with Gasteiger partial charge in [0.05, 0.1) is 58.4 Å². The first-order valence-electron chi connectivity index (χ1n) is 16.8. The van der Waals surface area contributed by atoms with Gasteiger partial charge in [-0.2, -0.15) is 0 Å². The highest BCUT2D eigenvalue weighted by Gasteiger charge is 2.27. The maximum Gasteiger partial charge on any atom is 0.353 e. The highest BCUT2D eigenvalue weighted by atomic mass is 79.9. The number of halogens is 2. The molecule has 2 aromatic carbocycles. The summed E-state index contributed by atoms with van der Waals surface area (Å²) in [6, 6.07) is 7.84. The lowest BCUT2D eigenvalue weighted by molar-refractivity contribution is 0.0689. The Hall–Kier alpha value is -5.88. The summed E-state index contributed by atoms with van der Waals surface area (Å²) in [6.45, 7) is 2.86. The standard InChI is InChI=1S/C20H19BrN6O2.C16H12BrN5O3/c1-29-14-7-12-9-22-8-11(12)6-13(14)25-18-15-16(21)17(26-19(15)24-10-23-18)20(28)27-4-2-3-5-27;1-25-10-3-8-5-18-4-7(8)2-9(10)21-14-11-12(17)13(16(23)24)22-15(11)20-6-19-14/h6-8,10H,2-5,9H2,1H3,(H2,23,24,25,26);2-4,6H,5H2,1H3,(H,23,24)(H2,19,20,21,22). The van der Waals surface area contributed by atoms with Crippen LogP contribution in [0.25, 0.3) is 22.1 Å². The number of aromatic carboxylic acids is 1. The predicted molar refractivity (Wildman–Crippen MR) is 210 cm³/mol. The molecule has 1 fully saturated rings. The highest BCUT2D eigenvalue weighted by Crippen LogP contribution is 2.39. The molecule has 6 aromatic rings. The number of ether oxygens (including phenoxy) is 2. The third kappa shape index (κ3) is 6.40. The van der Waals surface area contributed by atoms with E-state index in [1.54, 1.807) is 14.2 Å². The third-order valence-electron chi connectivity index (χ3n) is 9.29. The van der Waals surface area contributed by atoms with Gasteiger partial charge in [0, 0.05) is 25.5 Å². The van der Waals surface area contributed by atoms with Crippen LogP contribution in [-0.4, -0.2) is 91.5 Å². The molecule has 1 amide bonds. The number of carboxylic acids is 1. The van der Waals surface area contributed by atoms with E-state index in [4.69, 9.17) is 9.47 Å². The lowest BCUT2D eigenvalue weighted by Gasteiger charge is -2.14. The largest absolute Gasteiger partial charge is 0.495 e. The first kappa shape index (κ1) is 35.2. The van der Waals surface area contributed by atoms with E-state index < -0.39 is 5.97 Å². The van der Waals surface area contributed by atoms with Crippen molar-refractivity contribution in [1.29, 1.82) is 0 Å². The lowest BCUT2D eigenvalue weighted by Crippen LogP contribution is -2.28. The van der Waals surface area contributed by atoms with Crippen LogP contribution in [-0.2, 0) is 13.1 Å². The Labute approximate surface area is 323 Å². The van der Waals surface area contributed by atoms with Crippen molar-refractivity contribution < 1.29 is 24.2 Å². The Bertz CT molecular complexity index is 2540. The number of nitrogens with one attached hydrogen (secondary N) is 4. The second kappa shape index (κ2) is 14.5. The average Bonchev–Trinajstić information content (AvgIpc) is 4.02. The smallest absolute Gasteiger partial charge is 0.353 e. The number of nitrogens with zero attached hydrogens (tertiary/aromatic N) is 7. The fourth-order valence-electron chi connectivity index (χ4n) is 6.60. The van der Waals surface area contributed by atoms with Crippen molar-refractivity contribution in [3.8, 4) is 11.5 Å². The van der Waals surface area contributed by atoms with Crippen LogP contribution in [0.3, 0.4) is 0 Å². The molecule has 3 aliphatic heterocycles. The van der Waals surface area contributed by atoms with Gasteiger partial charge < -0.3 is 40.1 Å². The number of aromatic nitrogens is 6. The number of methoxy groups -OCH3 is 2.